The van der Waals surface area contributed by atoms with Crippen LogP contribution in [0.15, 0.2) is 29.6 Å². The van der Waals surface area contributed by atoms with Gasteiger partial charge in [-0.05, 0) is 25.0 Å². The topological polar surface area (TPSA) is 59.1 Å². The van der Waals surface area contributed by atoms with E-state index >= 15 is 0 Å². The Labute approximate surface area is 152 Å². The minimum Gasteiger partial charge on any atom is -0.241 e. The SMILES string of the molecule is O=S(=O)(NCCc1csc(-c2ccc(Cl)cc2)n1)C1CCCCC1. The molecule has 0 spiro atoms. The van der Waals surface area contributed by atoms with Crippen LogP contribution in [0, 0.1) is 0 Å². The Balaban J connectivity index is 1.54. The number of rotatable bonds is 6. The van der Waals surface area contributed by atoms with Gasteiger partial charge in [-0.15, -0.1) is 11.3 Å². The second-order valence-corrected chi connectivity index (χ2v) is 9.44. The number of nitrogens with zero attached hydrogens (tertiary/aromatic N) is 1. The summed E-state index contributed by atoms with van der Waals surface area (Å²) in [6.45, 7) is 0.405. The molecule has 0 bridgehead atoms. The van der Waals surface area contributed by atoms with E-state index in [1.54, 1.807) is 11.3 Å². The van der Waals surface area contributed by atoms with E-state index < -0.39 is 10.0 Å². The fourth-order valence-corrected chi connectivity index (χ4v) is 5.52. The second kappa shape index (κ2) is 7.95. The Kier molecular flexibility index (Phi) is 5.92. The molecule has 1 aliphatic rings. The summed E-state index contributed by atoms with van der Waals surface area (Å²) in [7, 11) is -3.19. The van der Waals surface area contributed by atoms with Crippen molar-refractivity contribution in [2.75, 3.05) is 6.54 Å². The van der Waals surface area contributed by atoms with Crippen molar-refractivity contribution in [1.82, 2.24) is 9.71 Å². The van der Waals surface area contributed by atoms with Crippen molar-refractivity contribution in [1.29, 1.82) is 0 Å². The summed E-state index contributed by atoms with van der Waals surface area (Å²) in [5.41, 5.74) is 1.94. The summed E-state index contributed by atoms with van der Waals surface area (Å²) >= 11 is 7.46. The Morgan fingerprint density at radius 2 is 1.88 bits per heavy atom. The molecule has 1 aromatic carbocycles. The van der Waals surface area contributed by atoms with Gasteiger partial charge in [0.1, 0.15) is 5.01 Å². The van der Waals surface area contributed by atoms with E-state index in [0.717, 1.165) is 48.4 Å². The van der Waals surface area contributed by atoms with Crippen molar-refractivity contribution in [3.05, 3.63) is 40.4 Å². The van der Waals surface area contributed by atoms with E-state index in [9.17, 15) is 8.42 Å². The van der Waals surface area contributed by atoms with Gasteiger partial charge in [-0.3, -0.25) is 0 Å². The maximum absolute atomic E-state index is 12.3. The van der Waals surface area contributed by atoms with E-state index in [0.29, 0.717) is 18.0 Å². The molecule has 2 aromatic rings. The largest absolute Gasteiger partial charge is 0.241 e. The zero-order chi connectivity index (χ0) is 17.0. The van der Waals surface area contributed by atoms with E-state index in [1.807, 2.05) is 29.6 Å². The molecule has 3 rings (SSSR count). The van der Waals surface area contributed by atoms with E-state index in [4.69, 9.17) is 11.6 Å². The number of hydrogen-bond acceptors (Lipinski definition) is 4. The lowest BCUT2D eigenvalue weighted by Crippen LogP contribution is -2.36. The van der Waals surface area contributed by atoms with Gasteiger partial charge >= 0.3 is 0 Å². The Hall–Kier alpha value is -0.950. The fraction of sp³-hybridized carbons (Fsp3) is 0.471. The van der Waals surface area contributed by atoms with Crippen LogP contribution in [-0.2, 0) is 16.4 Å². The van der Waals surface area contributed by atoms with E-state index in [1.165, 1.54) is 0 Å². The zero-order valence-electron chi connectivity index (χ0n) is 13.4. The lowest BCUT2D eigenvalue weighted by molar-refractivity contribution is 0.477. The van der Waals surface area contributed by atoms with Gasteiger partial charge in [-0.25, -0.2) is 18.1 Å². The van der Waals surface area contributed by atoms with Gasteiger partial charge in [0.2, 0.25) is 10.0 Å². The molecule has 0 aliphatic heterocycles. The molecular weight excluding hydrogens is 364 g/mol. The number of nitrogens with one attached hydrogen (secondary N) is 1. The molecule has 1 saturated carbocycles. The van der Waals surface area contributed by atoms with Crippen LogP contribution in [0.2, 0.25) is 5.02 Å². The highest BCUT2D eigenvalue weighted by Crippen LogP contribution is 2.25. The molecule has 4 nitrogen and oxygen atoms in total. The summed E-state index contributed by atoms with van der Waals surface area (Å²) in [6.07, 6.45) is 5.36. The average Bonchev–Trinajstić information content (AvgIpc) is 3.05. The summed E-state index contributed by atoms with van der Waals surface area (Å²) in [5, 5.41) is 3.40. The summed E-state index contributed by atoms with van der Waals surface area (Å²) in [4.78, 5) is 4.58. The lowest BCUT2D eigenvalue weighted by Gasteiger charge is -2.21. The van der Waals surface area contributed by atoms with Gasteiger partial charge in [-0.1, -0.05) is 43.0 Å². The lowest BCUT2D eigenvalue weighted by atomic mass is 10.0. The minimum absolute atomic E-state index is 0.216. The first-order valence-electron chi connectivity index (χ1n) is 8.23. The Morgan fingerprint density at radius 1 is 1.17 bits per heavy atom. The fourth-order valence-electron chi connectivity index (χ4n) is 2.96. The molecule has 0 radical (unpaired) electrons. The summed E-state index contributed by atoms with van der Waals surface area (Å²) in [6, 6.07) is 7.57. The smallest absolute Gasteiger partial charge is 0.214 e. The third-order valence-corrected chi connectivity index (χ3v) is 7.47. The third-order valence-electron chi connectivity index (χ3n) is 4.32. The minimum atomic E-state index is -3.19. The molecule has 24 heavy (non-hydrogen) atoms. The van der Waals surface area contributed by atoms with Crippen LogP contribution in [0.1, 0.15) is 37.8 Å². The molecule has 7 heteroatoms. The number of hydrogen-bond donors (Lipinski definition) is 1. The number of halogens is 1. The molecule has 0 amide bonds. The van der Waals surface area contributed by atoms with Crippen LogP contribution >= 0.6 is 22.9 Å². The van der Waals surface area contributed by atoms with Crippen LogP contribution < -0.4 is 4.72 Å². The maximum Gasteiger partial charge on any atom is 0.214 e. The third kappa shape index (κ3) is 4.57. The van der Waals surface area contributed by atoms with Crippen LogP contribution in [0.3, 0.4) is 0 Å². The van der Waals surface area contributed by atoms with Crippen molar-refractivity contribution in [2.24, 2.45) is 0 Å². The molecule has 1 aromatic heterocycles. The summed E-state index contributed by atoms with van der Waals surface area (Å²) in [5.74, 6) is 0. The van der Waals surface area contributed by atoms with Crippen LogP contribution in [0.4, 0.5) is 0 Å². The van der Waals surface area contributed by atoms with Crippen molar-refractivity contribution in [3.63, 3.8) is 0 Å². The van der Waals surface area contributed by atoms with Crippen LogP contribution in [-0.4, -0.2) is 25.2 Å². The van der Waals surface area contributed by atoms with Gasteiger partial charge in [0.05, 0.1) is 10.9 Å². The van der Waals surface area contributed by atoms with Crippen molar-refractivity contribution >= 4 is 33.0 Å². The van der Waals surface area contributed by atoms with Gasteiger partial charge in [0, 0.05) is 28.9 Å². The first kappa shape index (κ1) is 17.9. The molecule has 1 heterocycles. The zero-order valence-corrected chi connectivity index (χ0v) is 15.8. The predicted molar refractivity (Wildman–Crippen MR) is 100 cm³/mol. The van der Waals surface area contributed by atoms with Crippen LogP contribution in [0.5, 0.6) is 0 Å². The molecule has 0 unspecified atom stereocenters. The van der Waals surface area contributed by atoms with Gasteiger partial charge in [0.15, 0.2) is 0 Å². The van der Waals surface area contributed by atoms with Gasteiger partial charge in [-0.2, -0.15) is 0 Å². The second-order valence-electron chi connectivity index (χ2n) is 6.10. The van der Waals surface area contributed by atoms with E-state index in [2.05, 4.69) is 9.71 Å². The molecule has 0 atom stereocenters. The standard InChI is InChI=1S/C17H21ClN2O2S2/c18-14-8-6-13(7-9-14)17-20-15(12-23-17)10-11-19-24(21,22)16-4-2-1-3-5-16/h6-9,12,16,19H,1-5,10-11H2. The van der Waals surface area contributed by atoms with Crippen molar-refractivity contribution < 1.29 is 8.42 Å². The van der Waals surface area contributed by atoms with E-state index in [-0.39, 0.29) is 5.25 Å². The summed E-state index contributed by atoms with van der Waals surface area (Å²) < 4.78 is 27.3. The quantitative estimate of drug-likeness (QED) is 0.809. The molecular formula is C17H21ClN2O2S2. The number of sulfonamides is 1. The molecule has 1 fully saturated rings. The number of thiazole rings is 1. The Bertz CT molecular complexity index is 766. The molecule has 0 saturated heterocycles. The highest BCUT2D eigenvalue weighted by molar-refractivity contribution is 7.90. The van der Waals surface area contributed by atoms with Gasteiger partial charge < -0.3 is 0 Å². The molecule has 1 aliphatic carbocycles. The van der Waals surface area contributed by atoms with Crippen molar-refractivity contribution in [2.45, 2.75) is 43.8 Å². The monoisotopic (exact) mass is 384 g/mol. The highest BCUT2D eigenvalue weighted by Gasteiger charge is 2.26. The first-order chi connectivity index (χ1) is 11.5. The molecule has 130 valence electrons. The number of aromatic nitrogens is 1. The highest BCUT2D eigenvalue weighted by atomic mass is 35.5. The first-order valence-corrected chi connectivity index (χ1v) is 11.0. The predicted octanol–water partition coefficient (Wildman–Crippen LogP) is 4.26. The van der Waals surface area contributed by atoms with Gasteiger partial charge in [0.25, 0.3) is 0 Å². The molecule has 1 N–H and O–H groups in total. The normalized spacial score (nSPS) is 16.4. The average molecular weight is 385 g/mol. The van der Waals surface area contributed by atoms with Crippen molar-refractivity contribution in [3.8, 4) is 10.6 Å². The number of benzene rings is 1. The maximum atomic E-state index is 12.3. The Morgan fingerprint density at radius 3 is 2.58 bits per heavy atom. The van der Waals surface area contributed by atoms with Crippen LogP contribution in [0.25, 0.3) is 10.6 Å².